The van der Waals surface area contributed by atoms with Crippen LogP contribution in [-0.4, -0.2) is 34.2 Å². The van der Waals surface area contributed by atoms with Crippen LogP contribution in [0.25, 0.3) is 0 Å². The number of aromatic amines is 1. The van der Waals surface area contributed by atoms with E-state index in [0.717, 1.165) is 27.8 Å². The number of rotatable bonds is 8. The zero-order chi connectivity index (χ0) is 23.3. The molecule has 0 aliphatic rings. The third-order valence-electron chi connectivity index (χ3n) is 4.88. The van der Waals surface area contributed by atoms with E-state index in [2.05, 4.69) is 15.3 Å². The smallest absolute Gasteiger partial charge is 0.341 e. The van der Waals surface area contributed by atoms with E-state index >= 15 is 0 Å². The number of benzene rings is 1. The SMILES string of the molecule is CCOC(=O)c1c(NC(=O)CSc2nc(C)c(Cc3ccccc3)c(=O)[nH]2)sc(C)c1C. The first kappa shape index (κ1) is 23.7. The zero-order valence-electron chi connectivity index (χ0n) is 18.4. The molecule has 2 aromatic heterocycles. The van der Waals surface area contributed by atoms with Crippen LogP contribution in [0.15, 0.2) is 40.3 Å². The predicted molar refractivity (Wildman–Crippen MR) is 128 cm³/mol. The maximum absolute atomic E-state index is 12.6. The van der Waals surface area contributed by atoms with Gasteiger partial charge in [-0.05, 0) is 38.8 Å². The highest BCUT2D eigenvalue weighted by Gasteiger charge is 2.22. The number of aromatic nitrogens is 2. The summed E-state index contributed by atoms with van der Waals surface area (Å²) >= 11 is 2.47. The Kier molecular flexibility index (Phi) is 7.87. The molecule has 0 saturated heterocycles. The highest BCUT2D eigenvalue weighted by atomic mass is 32.2. The molecule has 2 N–H and O–H groups in total. The van der Waals surface area contributed by atoms with Crippen LogP contribution in [0.4, 0.5) is 5.00 Å². The number of hydrogen-bond donors (Lipinski definition) is 2. The standard InChI is InChI=1S/C23H25N3O4S2/c1-5-30-22(29)19-13(2)15(4)32-21(19)25-18(27)12-31-23-24-14(3)17(20(28)26-23)11-16-9-7-6-8-10-16/h6-10H,5,11-12H2,1-4H3,(H,25,27)(H,24,26,28). The summed E-state index contributed by atoms with van der Waals surface area (Å²) in [7, 11) is 0. The van der Waals surface area contributed by atoms with Crippen LogP contribution < -0.4 is 10.9 Å². The highest BCUT2D eigenvalue weighted by Crippen LogP contribution is 2.33. The summed E-state index contributed by atoms with van der Waals surface area (Å²) < 4.78 is 5.12. The Balaban J connectivity index is 1.67. The molecule has 0 fully saturated rings. The highest BCUT2D eigenvalue weighted by molar-refractivity contribution is 7.99. The normalized spacial score (nSPS) is 10.8. The fourth-order valence-corrected chi connectivity index (χ4v) is 4.89. The predicted octanol–water partition coefficient (Wildman–Crippen LogP) is 4.25. The van der Waals surface area contributed by atoms with Crippen molar-refractivity contribution in [2.24, 2.45) is 0 Å². The summed E-state index contributed by atoms with van der Waals surface area (Å²) in [5.41, 5.74) is 3.25. The Morgan fingerprint density at radius 1 is 1.19 bits per heavy atom. The molecule has 0 radical (unpaired) electrons. The van der Waals surface area contributed by atoms with Gasteiger partial charge in [0, 0.05) is 22.6 Å². The fourth-order valence-electron chi connectivity index (χ4n) is 3.12. The Morgan fingerprint density at radius 3 is 2.56 bits per heavy atom. The number of carbonyl (C=O) groups excluding carboxylic acids is 2. The van der Waals surface area contributed by atoms with Gasteiger partial charge in [0.25, 0.3) is 5.56 Å². The maximum Gasteiger partial charge on any atom is 0.341 e. The van der Waals surface area contributed by atoms with E-state index in [1.807, 2.05) is 44.2 Å². The van der Waals surface area contributed by atoms with E-state index in [0.29, 0.717) is 33.4 Å². The van der Waals surface area contributed by atoms with Crippen LogP contribution >= 0.6 is 23.1 Å². The molecular weight excluding hydrogens is 446 g/mol. The van der Waals surface area contributed by atoms with Crippen molar-refractivity contribution in [2.75, 3.05) is 17.7 Å². The first-order valence-corrected chi connectivity index (χ1v) is 11.9. The van der Waals surface area contributed by atoms with Crippen molar-refractivity contribution < 1.29 is 14.3 Å². The summed E-state index contributed by atoms with van der Waals surface area (Å²) in [5, 5.41) is 3.64. The van der Waals surface area contributed by atoms with Gasteiger partial charge < -0.3 is 15.0 Å². The van der Waals surface area contributed by atoms with Crippen molar-refractivity contribution >= 4 is 40.0 Å². The number of esters is 1. The molecule has 0 atom stereocenters. The van der Waals surface area contributed by atoms with E-state index in [1.54, 1.807) is 13.8 Å². The van der Waals surface area contributed by atoms with E-state index in [1.165, 1.54) is 11.3 Å². The molecule has 0 bridgehead atoms. The van der Waals surface area contributed by atoms with Crippen molar-refractivity contribution in [1.29, 1.82) is 0 Å². The lowest BCUT2D eigenvalue weighted by molar-refractivity contribution is -0.113. The molecule has 168 valence electrons. The van der Waals surface area contributed by atoms with Gasteiger partial charge in [-0.25, -0.2) is 9.78 Å². The number of nitrogens with zero attached hydrogens (tertiary/aromatic N) is 1. The number of thiophene rings is 1. The molecule has 0 aliphatic carbocycles. The van der Waals surface area contributed by atoms with Gasteiger partial charge in [0.2, 0.25) is 5.91 Å². The van der Waals surface area contributed by atoms with Crippen LogP contribution in [0.1, 0.15) is 44.5 Å². The van der Waals surface area contributed by atoms with Crippen LogP contribution in [0.2, 0.25) is 0 Å². The van der Waals surface area contributed by atoms with E-state index in [4.69, 9.17) is 4.74 Å². The number of H-pyrrole nitrogens is 1. The van der Waals surface area contributed by atoms with Gasteiger partial charge in [0.1, 0.15) is 5.00 Å². The lowest BCUT2D eigenvalue weighted by atomic mass is 10.1. The average molecular weight is 472 g/mol. The second-order valence-corrected chi connectivity index (χ2v) is 9.33. The summed E-state index contributed by atoms with van der Waals surface area (Å²) in [5.74, 6) is -0.707. The third-order valence-corrected chi connectivity index (χ3v) is 6.88. The largest absolute Gasteiger partial charge is 0.462 e. The monoisotopic (exact) mass is 471 g/mol. The molecule has 1 amide bonds. The van der Waals surface area contributed by atoms with Gasteiger partial charge >= 0.3 is 5.97 Å². The van der Waals surface area contributed by atoms with Gasteiger partial charge in [-0.3, -0.25) is 9.59 Å². The van der Waals surface area contributed by atoms with Crippen molar-refractivity contribution in [2.45, 2.75) is 39.3 Å². The van der Waals surface area contributed by atoms with Gasteiger partial charge in [-0.1, -0.05) is 42.1 Å². The van der Waals surface area contributed by atoms with Crippen LogP contribution in [0.3, 0.4) is 0 Å². The third kappa shape index (κ3) is 5.66. The van der Waals surface area contributed by atoms with E-state index in [9.17, 15) is 14.4 Å². The molecule has 32 heavy (non-hydrogen) atoms. The topological polar surface area (TPSA) is 101 Å². The lowest BCUT2D eigenvalue weighted by Gasteiger charge is -2.08. The molecule has 0 saturated carbocycles. The Bertz CT molecular complexity index is 1190. The van der Waals surface area contributed by atoms with Crippen molar-refractivity contribution in [3.63, 3.8) is 0 Å². The minimum absolute atomic E-state index is 0.0403. The Morgan fingerprint density at radius 2 is 1.91 bits per heavy atom. The van der Waals surface area contributed by atoms with Crippen molar-refractivity contribution in [3.05, 3.63) is 73.5 Å². The number of thioether (sulfide) groups is 1. The Hall–Kier alpha value is -2.91. The molecule has 3 aromatic rings. The number of aryl methyl sites for hydroxylation is 2. The average Bonchev–Trinajstić information content (AvgIpc) is 3.03. The van der Waals surface area contributed by atoms with Gasteiger partial charge in [-0.2, -0.15) is 0 Å². The molecule has 2 heterocycles. The first-order valence-electron chi connectivity index (χ1n) is 10.1. The molecule has 0 unspecified atom stereocenters. The molecule has 1 aromatic carbocycles. The fraction of sp³-hybridized carbons (Fsp3) is 0.304. The summed E-state index contributed by atoms with van der Waals surface area (Å²) in [6.07, 6.45) is 0.494. The molecule has 0 aliphatic heterocycles. The second kappa shape index (κ2) is 10.6. The van der Waals surface area contributed by atoms with Crippen LogP contribution in [0, 0.1) is 20.8 Å². The minimum Gasteiger partial charge on any atom is -0.462 e. The van der Waals surface area contributed by atoms with E-state index < -0.39 is 5.97 Å². The van der Waals surface area contributed by atoms with Crippen molar-refractivity contribution in [3.8, 4) is 0 Å². The first-order chi connectivity index (χ1) is 15.3. The maximum atomic E-state index is 12.6. The minimum atomic E-state index is -0.451. The number of anilines is 1. The number of carbonyl (C=O) groups is 2. The molecule has 0 spiro atoms. The lowest BCUT2D eigenvalue weighted by Crippen LogP contribution is -2.19. The summed E-state index contributed by atoms with van der Waals surface area (Å²) in [6, 6.07) is 9.71. The van der Waals surface area contributed by atoms with Crippen molar-refractivity contribution in [1.82, 2.24) is 9.97 Å². The Labute approximate surface area is 194 Å². The summed E-state index contributed by atoms with van der Waals surface area (Å²) in [6.45, 7) is 7.51. The number of amides is 1. The number of ether oxygens (including phenoxy) is 1. The van der Waals surface area contributed by atoms with Crippen LogP contribution in [0.5, 0.6) is 0 Å². The number of hydrogen-bond acceptors (Lipinski definition) is 7. The van der Waals surface area contributed by atoms with E-state index in [-0.39, 0.29) is 23.8 Å². The van der Waals surface area contributed by atoms with Gasteiger partial charge in [0.15, 0.2) is 5.16 Å². The molecule has 3 rings (SSSR count). The summed E-state index contributed by atoms with van der Waals surface area (Å²) in [4.78, 5) is 45.5. The molecule has 9 heteroatoms. The molecular formula is C23H25N3O4S2. The quantitative estimate of drug-likeness (QED) is 0.289. The second-order valence-electron chi connectivity index (χ2n) is 7.14. The zero-order valence-corrected chi connectivity index (χ0v) is 20.0. The number of nitrogens with one attached hydrogen (secondary N) is 2. The molecule has 7 nitrogen and oxygen atoms in total. The van der Waals surface area contributed by atoms with Gasteiger partial charge in [0.05, 0.1) is 17.9 Å². The van der Waals surface area contributed by atoms with Gasteiger partial charge in [-0.15, -0.1) is 11.3 Å². The van der Waals surface area contributed by atoms with Crippen LogP contribution in [-0.2, 0) is 16.0 Å².